The van der Waals surface area contributed by atoms with E-state index in [-0.39, 0.29) is 12.5 Å². The highest BCUT2D eigenvalue weighted by atomic mass is 35.5. The predicted octanol–water partition coefficient (Wildman–Crippen LogP) is 4.90. The van der Waals surface area contributed by atoms with E-state index in [1.165, 1.54) is 0 Å². The first-order valence-corrected chi connectivity index (χ1v) is 8.73. The molecule has 2 aromatic carbocycles. The lowest BCUT2D eigenvalue weighted by atomic mass is 10.2. The molecule has 1 amide bonds. The van der Waals surface area contributed by atoms with Crippen molar-refractivity contribution in [3.05, 3.63) is 76.6 Å². The average molecular weight is 380 g/mol. The molecule has 0 bridgehead atoms. The lowest BCUT2D eigenvalue weighted by Gasteiger charge is -2.11. The van der Waals surface area contributed by atoms with Gasteiger partial charge < -0.3 is 14.6 Å². The normalized spacial score (nSPS) is 10.3. The van der Waals surface area contributed by atoms with E-state index in [9.17, 15) is 4.79 Å². The molecule has 0 saturated carbocycles. The zero-order chi connectivity index (χ0) is 19.4. The molecule has 0 unspecified atom stereocenters. The average Bonchev–Trinajstić information content (AvgIpc) is 2.95. The van der Waals surface area contributed by atoms with Gasteiger partial charge in [-0.25, -0.2) is 0 Å². The SMILES string of the molecule is Cc1cc(C(=O)Nc2cccc(OCC#N)c2)c(C)n1-c1ccc(Cl)cc1. The molecule has 6 heteroatoms. The van der Waals surface area contributed by atoms with Gasteiger partial charge in [0.05, 0.1) is 5.56 Å². The predicted molar refractivity (Wildman–Crippen MR) is 106 cm³/mol. The van der Waals surface area contributed by atoms with Gasteiger partial charge in [0.1, 0.15) is 11.8 Å². The van der Waals surface area contributed by atoms with Crippen LogP contribution in [0.25, 0.3) is 5.69 Å². The van der Waals surface area contributed by atoms with Gasteiger partial charge in [0.25, 0.3) is 5.91 Å². The molecule has 0 aliphatic carbocycles. The molecule has 27 heavy (non-hydrogen) atoms. The van der Waals surface area contributed by atoms with Crippen molar-refractivity contribution >= 4 is 23.2 Å². The second-order valence-electron chi connectivity index (χ2n) is 6.03. The Kier molecular flexibility index (Phi) is 5.49. The number of carbonyl (C=O) groups excluding carboxylic acids is 1. The third-order valence-corrected chi connectivity index (χ3v) is 4.41. The Balaban J connectivity index is 1.85. The van der Waals surface area contributed by atoms with E-state index >= 15 is 0 Å². The number of hydrogen-bond acceptors (Lipinski definition) is 3. The zero-order valence-electron chi connectivity index (χ0n) is 15.0. The monoisotopic (exact) mass is 379 g/mol. The summed E-state index contributed by atoms with van der Waals surface area (Å²) in [6.07, 6.45) is 0. The van der Waals surface area contributed by atoms with Crippen molar-refractivity contribution in [1.82, 2.24) is 4.57 Å². The summed E-state index contributed by atoms with van der Waals surface area (Å²) >= 11 is 5.97. The van der Waals surface area contributed by atoms with Crippen LogP contribution in [0.4, 0.5) is 5.69 Å². The van der Waals surface area contributed by atoms with Gasteiger partial charge in [-0.05, 0) is 56.3 Å². The van der Waals surface area contributed by atoms with Crippen LogP contribution in [0.1, 0.15) is 21.7 Å². The molecule has 0 aliphatic rings. The van der Waals surface area contributed by atoms with Crippen molar-refractivity contribution in [2.45, 2.75) is 13.8 Å². The molecule has 0 radical (unpaired) electrons. The van der Waals surface area contributed by atoms with Gasteiger partial charge in [0.2, 0.25) is 0 Å². The molecule has 1 aromatic heterocycles. The van der Waals surface area contributed by atoms with Gasteiger partial charge in [-0.3, -0.25) is 4.79 Å². The van der Waals surface area contributed by atoms with Gasteiger partial charge in [-0.2, -0.15) is 5.26 Å². The molecule has 1 N–H and O–H groups in total. The molecule has 3 rings (SSSR count). The van der Waals surface area contributed by atoms with Crippen molar-refractivity contribution < 1.29 is 9.53 Å². The zero-order valence-corrected chi connectivity index (χ0v) is 15.7. The van der Waals surface area contributed by atoms with E-state index in [1.807, 2.05) is 54.8 Å². The first kappa shape index (κ1) is 18.6. The summed E-state index contributed by atoms with van der Waals surface area (Å²) in [5.41, 5.74) is 3.92. The Labute approximate surface area is 162 Å². The summed E-state index contributed by atoms with van der Waals surface area (Å²) in [6, 6.07) is 18.2. The third kappa shape index (κ3) is 4.13. The Morgan fingerprint density at radius 1 is 1.19 bits per heavy atom. The number of halogens is 1. The van der Waals surface area contributed by atoms with Crippen LogP contribution in [0.5, 0.6) is 5.75 Å². The van der Waals surface area contributed by atoms with Crippen LogP contribution in [0.2, 0.25) is 5.02 Å². The first-order chi connectivity index (χ1) is 13.0. The number of nitrogens with one attached hydrogen (secondary N) is 1. The maximum atomic E-state index is 12.8. The second kappa shape index (κ2) is 7.98. The third-order valence-electron chi connectivity index (χ3n) is 4.16. The summed E-state index contributed by atoms with van der Waals surface area (Å²) in [5.74, 6) is 0.321. The Morgan fingerprint density at radius 2 is 1.93 bits per heavy atom. The fourth-order valence-corrected chi connectivity index (χ4v) is 3.08. The van der Waals surface area contributed by atoms with Crippen LogP contribution in [-0.4, -0.2) is 17.1 Å². The van der Waals surface area contributed by atoms with E-state index in [0.29, 0.717) is 22.0 Å². The van der Waals surface area contributed by atoms with Crippen LogP contribution >= 0.6 is 11.6 Å². The quantitative estimate of drug-likeness (QED) is 0.685. The van der Waals surface area contributed by atoms with Crippen LogP contribution in [0, 0.1) is 25.2 Å². The smallest absolute Gasteiger partial charge is 0.257 e. The number of hydrogen-bond donors (Lipinski definition) is 1. The molecule has 5 nitrogen and oxygen atoms in total. The molecular weight excluding hydrogens is 362 g/mol. The molecule has 0 saturated heterocycles. The van der Waals surface area contributed by atoms with E-state index in [4.69, 9.17) is 21.6 Å². The van der Waals surface area contributed by atoms with Crippen molar-refractivity contribution in [3.63, 3.8) is 0 Å². The van der Waals surface area contributed by atoms with Crippen molar-refractivity contribution in [2.75, 3.05) is 11.9 Å². The second-order valence-corrected chi connectivity index (χ2v) is 6.46. The number of aryl methyl sites for hydroxylation is 1. The Bertz CT molecular complexity index is 1020. The number of ether oxygens (including phenoxy) is 1. The highest BCUT2D eigenvalue weighted by Gasteiger charge is 2.17. The highest BCUT2D eigenvalue weighted by molar-refractivity contribution is 6.30. The minimum absolute atomic E-state index is 0.0420. The topological polar surface area (TPSA) is 67.0 Å². The molecule has 0 aliphatic heterocycles. The van der Waals surface area contributed by atoms with E-state index in [2.05, 4.69) is 5.32 Å². The maximum absolute atomic E-state index is 12.8. The van der Waals surface area contributed by atoms with Gasteiger partial charge in [-0.1, -0.05) is 17.7 Å². The van der Waals surface area contributed by atoms with Crippen LogP contribution in [-0.2, 0) is 0 Å². The molecule has 136 valence electrons. The van der Waals surface area contributed by atoms with Crippen molar-refractivity contribution in [3.8, 4) is 17.5 Å². The van der Waals surface area contributed by atoms with Crippen molar-refractivity contribution in [1.29, 1.82) is 5.26 Å². The molecule has 3 aromatic rings. The van der Waals surface area contributed by atoms with Gasteiger partial charge >= 0.3 is 0 Å². The van der Waals surface area contributed by atoms with Crippen LogP contribution < -0.4 is 10.1 Å². The lowest BCUT2D eigenvalue weighted by Crippen LogP contribution is -2.13. The fraction of sp³-hybridized carbons (Fsp3) is 0.143. The van der Waals surface area contributed by atoms with Crippen LogP contribution in [0.3, 0.4) is 0 Å². The summed E-state index contributed by atoms with van der Waals surface area (Å²) in [5, 5.41) is 12.1. The largest absolute Gasteiger partial charge is 0.479 e. The Hall–Kier alpha value is -3.23. The van der Waals surface area contributed by atoms with Gasteiger partial charge in [0, 0.05) is 33.9 Å². The van der Waals surface area contributed by atoms with E-state index in [0.717, 1.165) is 17.1 Å². The van der Waals surface area contributed by atoms with Gasteiger partial charge in [0.15, 0.2) is 6.61 Å². The molecular formula is C21H18ClN3O2. The fourth-order valence-electron chi connectivity index (χ4n) is 2.96. The van der Waals surface area contributed by atoms with E-state index < -0.39 is 0 Å². The highest BCUT2D eigenvalue weighted by Crippen LogP contribution is 2.24. The van der Waals surface area contributed by atoms with Crippen molar-refractivity contribution in [2.24, 2.45) is 0 Å². The first-order valence-electron chi connectivity index (χ1n) is 8.35. The lowest BCUT2D eigenvalue weighted by molar-refractivity contribution is 0.102. The molecule has 1 heterocycles. The summed E-state index contributed by atoms with van der Waals surface area (Å²) in [6.45, 7) is 3.82. The number of anilines is 1. The maximum Gasteiger partial charge on any atom is 0.257 e. The number of carbonyl (C=O) groups is 1. The Morgan fingerprint density at radius 3 is 2.63 bits per heavy atom. The van der Waals surface area contributed by atoms with Crippen LogP contribution in [0.15, 0.2) is 54.6 Å². The summed E-state index contributed by atoms with van der Waals surface area (Å²) in [7, 11) is 0. The molecule has 0 atom stereocenters. The number of nitrogens with zero attached hydrogens (tertiary/aromatic N) is 2. The minimum Gasteiger partial charge on any atom is -0.479 e. The number of nitriles is 1. The minimum atomic E-state index is -0.208. The van der Waals surface area contributed by atoms with Gasteiger partial charge in [-0.15, -0.1) is 0 Å². The number of amides is 1. The summed E-state index contributed by atoms with van der Waals surface area (Å²) < 4.78 is 7.28. The molecule has 0 spiro atoms. The summed E-state index contributed by atoms with van der Waals surface area (Å²) in [4.78, 5) is 12.8. The molecule has 0 fully saturated rings. The standard InChI is InChI=1S/C21H18ClN3O2/c1-14-12-20(15(2)25(14)18-8-6-16(22)7-9-18)21(26)24-17-4-3-5-19(13-17)27-11-10-23/h3-9,12-13H,11H2,1-2H3,(H,24,26). The number of rotatable bonds is 5. The number of aromatic nitrogens is 1. The van der Waals surface area contributed by atoms with E-state index in [1.54, 1.807) is 24.3 Å². The number of benzene rings is 2.